The minimum absolute atomic E-state index is 0.0552. The molecule has 1 aliphatic rings. The van der Waals surface area contributed by atoms with Crippen molar-refractivity contribution in [2.24, 2.45) is 0 Å². The number of nitrogens with zero attached hydrogens (tertiary/aromatic N) is 1. The van der Waals surface area contributed by atoms with Crippen LogP contribution in [0.5, 0.6) is 5.75 Å². The smallest absolute Gasteiger partial charge is 0.260 e. The summed E-state index contributed by atoms with van der Waals surface area (Å²) in [4.78, 5) is 28.5. The maximum atomic E-state index is 13.7. The summed E-state index contributed by atoms with van der Waals surface area (Å²) in [6.07, 6.45) is 3.52. The summed E-state index contributed by atoms with van der Waals surface area (Å²) in [6, 6.07) is 11.9. The number of nitrogens with one attached hydrogen (secondary N) is 2. The molecule has 0 radical (unpaired) electrons. The Labute approximate surface area is 183 Å². The van der Waals surface area contributed by atoms with Crippen molar-refractivity contribution in [3.05, 3.63) is 76.0 Å². The number of hydrogen-bond donors (Lipinski definition) is 2. The van der Waals surface area contributed by atoms with Crippen LogP contribution in [0.2, 0.25) is 0 Å². The van der Waals surface area contributed by atoms with Gasteiger partial charge in [0.2, 0.25) is 5.91 Å². The Hall–Kier alpha value is -3.26. The molecule has 1 aliphatic carbocycles. The lowest BCUT2D eigenvalue weighted by molar-refractivity contribution is -0.120. The molecule has 0 aliphatic heterocycles. The zero-order chi connectivity index (χ0) is 21.6. The van der Waals surface area contributed by atoms with Gasteiger partial charge >= 0.3 is 0 Å². The van der Waals surface area contributed by atoms with Crippen molar-refractivity contribution in [2.45, 2.75) is 25.7 Å². The van der Waals surface area contributed by atoms with Gasteiger partial charge in [0.25, 0.3) is 5.91 Å². The molecule has 6 nitrogen and oxygen atoms in total. The molecule has 160 valence electrons. The van der Waals surface area contributed by atoms with Gasteiger partial charge in [-0.25, -0.2) is 9.37 Å². The van der Waals surface area contributed by atoms with Crippen molar-refractivity contribution in [3.63, 3.8) is 0 Å². The highest BCUT2D eigenvalue weighted by molar-refractivity contribution is 7.14. The van der Waals surface area contributed by atoms with Crippen LogP contribution in [0.15, 0.2) is 47.8 Å². The van der Waals surface area contributed by atoms with E-state index in [1.165, 1.54) is 47.1 Å². The fourth-order valence-electron chi connectivity index (χ4n) is 3.48. The number of rotatable bonds is 8. The van der Waals surface area contributed by atoms with Gasteiger partial charge in [0.05, 0.1) is 24.2 Å². The topological polar surface area (TPSA) is 80.3 Å². The van der Waals surface area contributed by atoms with Crippen molar-refractivity contribution in [1.29, 1.82) is 0 Å². The van der Waals surface area contributed by atoms with Crippen LogP contribution in [0.4, 0.5) is 9.52 Å². The Morgan fingerprint density at radius 1 is 1.13 bits per heavy atom. The average molecular weight is 440 g/mol. The molecule has 4 rings (SSSR count). The third-order valence-corrected chi connectivity index (χ3v) is 5.80. The highest BCUT2D eigenvalue weighted by atomic mass is 32.1. The van der Waals surface area contributed by atoms with Gasteiger partial charge in [-0.3, -0.25) is 14.9 Å². The van der Waals surface area contributed by atoms with Crippen molar-refractivity contribution in [3.8, 4) is 5.75 Å². The minimum Gasteiger partial charge on any atom is -0.492 e. The number of aryl methyl sites for hydroxylation is 2. The second-order valence-corrected chi connectivity index (χ2v) is 8.10. The monoisotopic (exact) mass is 439 g/mol. The molecule has 0 bridgehead atoms. The van der Waals surface area contributed by atoms with E-state index < -0.39 is 11.7 Å². The maximum Gasteiger partial charge on any atom is 0.260 e. The number of hydrogen-bond acceptors (Lipinski definition) is 5. The van der Waals surface area contributed by atoms with Crippen LogP contribution < -0.4 is 15.4 Å². The number of aromatic nitrogens is 1. The second-order valence-electron chi connectivity index (χ2n) is 7.24. The predicted molar refractivity (Wildman–Crippen MR) is 117 cm³/mol. The summed E-state index contributed by atoms with van der Waals surface area (Å²) in [7, 11) is 0. The highest BCUT2D eigenvalue weighted by Gasteiger charge is 2.14. The first kappa shape index (κ1) is 21.0. The number of carbonyl (C=O) groups excluding carboxylic acids is 2. The molecule has 0 unspecified atom stereocenters. The van der Waals surface area contributed by atoms with Gasteiger partial charge in [0.1, 0.15) is 18.2 Å². The summed E-state index contributed by atoms with van der Waals surface area (Å²) in [6.45, 7) is 0.766. The zero-order valence-corrected chi connectivity index (χ0v) is 17.6. The average Bonchev–Trinajstić information content (AvgIpc) is 3.40. The summed E-state index contributed by atoms with van der Waals surface area (Å²) in [5.41, 5.74) is 3.22. The van der Waals surface area contributed by atoms with E-state index in [0.717, 1.165) is 18.6 Å². The maximum absolute atomic E-state index is 13.7. The lowest BCUT2D eigenvalue weighted by Gasteiger charge is -2.09. The normalized spacial score (nSPS) is 12.3. The van der Waals surface area contributed by atoms with Gasteiger partial charge in [-0.05, 0) is 54.7 Å². The standard InChI is InChI=1S/C23H22FN3O3S/c24-20-7-2-1-6-19(20)22(29)27-23-26-17(14-31-23)13-21(28)25-10-11-30-18-9-8-15-4-3-5-16(15)12-18/h1-2,6-9,12,14H,3-5,10-11,13H2,(H,25,28)(H,26,27,29). The molecular weight excluding hydrogens is 417 g/mol. The number of anilines is 1. The fourth-order valence-corrected chi connectivity index (χ4v) is 4.18. The molecule has 2 aromatic carbocycles. The van der Waals surface area contributed by atoms with Crippen LogP contribution >= 0.6 is 11.3 Å². The van der Waals surface area contributed by atoms with Gasteiger partial charge < -0.3 is 10.1 Å². The number of halogens is 1. The van der Waals surface area contributed by atoms with E-state index >= 15 is 0 Å². The van der Waals surface area contributed by atoms with Crippen LogP contribution in [0.3, 0.4) is 0 Å². The molecule has 0 fully saturated rings. The SMILES string of the molecule is O=C(Cc1csc(NC(=O)c2ccccc2F)n1)NCCOc1ccc2c(c1)CCC2. The minimum atomic E-state index is -0.599. The first-order valence-electron chi connectivity index (χ1n) is 10.1. The van der Waals surface area contributed by atoms with E-state index in [9.17, 15) is 14.0 Å². The third kappa shape index (κ3) is 5.46. The Kier molecular flexibility index (Phi) is 6.57. The van der Waals surface area contributed by atoms with Gasteiger partial charge in [0.15, 0.2) is 5.13 Å². The number of carbonyl (C=O) groups is 2. The molecule has 31 heavy (non-hydrogen) atoms. The summed E-state index contributed by atoms with van der Waals surface area (Å²) < 4.78 is 19.4. The van der Waals surface area contributed by atoms with Gasteiger partial charge in [0, 0.05) is 5.38 Å². The lowest BCUT2D eigenvalue weighted by Crippen LogP contribution is -2.29. The molecule has 2 N–H and O–H groups in total. The van der Waals surface area contributed by atoms with Crippen molar-refractivity contribution in [1.82, 2.24) is 10.3 Å². The van der Waals surface area contributed by atoms with Gasteiger partial charge in [-0.2, -0.15) is 0 Å². The number of fused-ring (bicyclic) bond motifs is 1. The highest BCUT2D eigenvalue weighted by Crippen LogP contribution is 2.26. The molecule has 2 amide bonds. The predicted octanol–water partition coefficient (Wildman–Crippen LogP) is 3.76. The van der Waals surface area contributed by atoms with Crippen molar-refractivity contribution in [2.75, 3.05) is 18.5 Å². The van der Waals surface area contributed by atoms with E-state index in [1.54, 1.807) is 11.4 Å². The van der Waals surface area contributed by atoms with Gasteiger partial charge in [-0.1, -0.05) is 18.2 Å². The number of benzene rings is 2. The lowest BCUT2D eigenvalue weighted by atomic mass is 10.1. The Morgan fingerprint density at radius 2 is 1.97 bits per heavy atom. The summed E-state index contributed by atoms with van der Waals surface area (Å²) >= 11 is 1.19. The molecule has 0 spiro atoms. The first-order valence-corrected chi connectivity index (χ1v) is 11.0. The quantitative estimate of drug-likeness (QED) is 0.524. The first-order chi connectivity index (χ1) is 15.1. The van der Waals surface area contributed by atoms with Crippen molar-refractivity contribution < 1.29 is 18.7 Å². The van der Waals surface area contributed by atoms with E-state index in [1.807, 2.05) is 6.07 Å². The van der Waals surface area contributed by atoms with Gasteiger partial charge in [-0.15, -0.1) is 11.3 Å². The Balaban J connectivity index is 1.20. The van der Waals surface area contributed by atoms with Crippen molar-refractivity contribution >= 4 is 28.3 Å². The van der Waals surface area contributed by atoms with Crippen LogP contribution in [-0.4, -0.2) is 29.9 Å². The fraction of sp³-hybridized carbons (Fsp3) is 0.261. The third-order valence-electron chi connectivity index (χ3n) is 5.00. The number of thiazole rings is 1. The summed E-state index contributed by atoms with van der Waals surface area (Å²) in [5, 5.41) is 7.37. The van der Waals surface area contributed by atoms with E-state index in [2.05, 4.69) is 27.8 Å². The molecule has 0 atom stereocenters. The van der Waals surface area contributed by atoms with E-state index in [-0.39, 0.29) is 17.9 Å². The molecule has 1 aromatic heterocycles. The molecule has 1 heterocycles. The molecule has 3 aromatic rings. The molecule has 0 saturated heterocycles. The zero-order valence-electron chi connectivity index (χ0n) is 16.8. The van der Waals surface area contributed by atoms with E-state index in [4.69, 9.17) is 4.74 Å². The molecular formula is C23H22FN3O3S. The Morgan fingerprint density at radius 3 is 2.84 bits per heavy atom. The number of ether oxygens (including phenoxy) is 1. The van der Waals surface area contributed by atoms with Crippen LogP contribution in [-0.2, 0) is 24.1 Å². The van der Waals surface area contributed by atoms with Crippen LogP contribution in [0.25, 0.3) is 0 Å². The number of amides is 2. The molecule has 0 saturated carbocycles. The van der Waals surface area contributed by atoms with E-state index in [0.29, 0.717) is 24.0 Å². The van der Waals surface area contributed by atoms with Crippen LogP contribution in [0.1, 0.15) is 33.6 Å². The second kappa shape index (κ2) is 9.70. The largest absolute Gasteiger partial charge is 0.492 e. The molecule has 8 heteroatoms. The van der Waals surface area contributed by atoms with Crippen LogP contribution in [0, 0.1) is 5.82 Å². The Bertz CT molecular complexity index is 1100. The summed E-state index contributed by atoms with van der Waals surface area (Å²) in [5.74, 6) is -0.537.